The topological polar surface area (TPSA) is 77.0 Å². The quantitative estimate of drug-likeness (QED) is 0.630. The predicted molar refractivity (Wildman–Crippen MR) is 74.0 cm³/mol. The number of rotatable bonds is 5. The van der Waals surface area contributed by atoms with E-state index in [9.17, 15) is 9.90 Å². The van der Waals surface area contributed by atoms with E-state index < -0.39 is 12.1 Å². The van der Waals surface area contributed by atoms with E-state index in [4.69, 9.17) is 25.8 Å². The lowest BCUT2D eigenvalue weighted by Gasteiger charge is -2.21. The van der Waals surface area contributed by atoms with Crippen LogP contribution in [0.5, 0.6) is 11.5 Å². The summed E-state index contributed by atoms with van der Waals surface area (Å²) in [4.78, 5) is 11.8. The predicted octanol–water partition coefficient (Wildman–Crippen LogP) is 1.26. The lowest BCUT2D eigenvalue weighted by molar-refractivity contribution is 0.0600. The summed E-state index contributed by atoms with van der Waals surface area (Å²) < 4.78 is 15.6. The average molecular weight is 302 g/mol. The Labute approximate surface area is 121 Å². The smallest absolute Gasteiger partial charge is 0.340 e. The number of benzene rings is 1. The van der Waals surface area contributed by atoms with Crippen molar-refractivity contribution < 1.29 is 24.1 Å². The molecule has 1 aromatic carbocycles. The number of ether oxygens (including phenoxy) is 3. The van der Waals surface area contributed by atoms with Gasteiger partial charge in [0.25, 0.3) is 0 Å². The van der Waals surface area contributed by atoms with Gasteiger partial charge in [-0.2, -0.15) is 0 Å². The molecule has 1 heterocycles. The van der Waals surface area contributed by atoms with Gasteiger partial charge >= 0.3 is 5.97 Å². The third kappa shape index (κ3) is 3.26. The molecule has 0 amide bonds. The highest BCUT2D eigenvalue weighted by Gasteiger charge is 2.20. The van der Waals surface area contributed by atoms with E-state index in [1.54, 1.807) is 12.1 Å². The van der Waals surface area contributed by atoms with Crippen LogP contribution in [0.15, 0.2) is 12.1 Å². The number of esters is 1. The van der Waals surface area contributed by atoms with Gasteiger partial charge in [-0.15, -0.1) is 11.6 Å². The second-order valence-corrected chi connectivity index (χ2v) is 4.53. The van der Waals surface area contributed by atoms with Crippen molar-refractivity contribution in [2.24, 2.45) is 0 Å². The van der Waals surface area contributed by atoms with Crippen LogP contribution < -0.4 is 14.8 Å². The maximum atomic E-state index is 11.8. The summed E-state index contributed by atoms with van der Waals surface area (Å²) in [5.74, 6) is 0.655. The molecule has 1 unspecified atom stereocenters. The molecule has 1 aliphatic heterocycles. The number of alkyl halides is 1. The van der Waals surface area contributed by atoms with Gasteiger partial charge in [0, 0.05) is 18.7 Å². The van der Waals surface area contributed by atoms with Gasteiger partial charge in [-0.1, -0.05) is 0 Å². The van der Waals surface area contributed by atoms with Crippen molar-refractivity contribution in [1.29, 1.82) is 0 Å². The Morgan fingerprint density at radius 2 is 2.10 bits per heavy atom. The standard InChI is InChI=1S/C13H16ClNO5/c1-18-13(17)9-4-11-12(20-3-2-19-11)5-10(9)15-7-8(16)6-14/h4-5,8,15-16H,2-3,6-7H2,1H3. The van der Waals surface area contributed by atoms with Crippen molar-refractivity contribution in [3.8, 4) is 11.5 Å². The van der Waals surface area contributed by atoms with Crippen molar-refractivity contribution in [1.82, 2.24) is 0 Å². The van der Waals surface area contributed by atoms with Gasteiger partial charge in [-0.05, 0) is 0 Å². The van der Waals surface area contributed by atoms with Gasteiger partial charge in [-0.25, -0.2) is 4.79 Å². The third-order valence-electron chi connectivity index (χ3n) is 2.79. The largest absolute Gasteiger partial charge is 0.486 e. The summed E-state index contributed by atoms with van der Waals surface area (Å²) in [5.41, 5.74) is 0.823. The van der Waals surface area contributed by atoms with Crippen LogP contribution in [0.2, 0.25) is 0 Å². The van der Waals surface area contributed by atoms with Gasteiger partial charge in [0.2, 0.25) is 0 Å². The highest BCUT2D eigenvalue weighted by atomic mass is 35.5. The fourth-order valence-electron chi connectivity index (χ4n) is 1.80. The summed E-state index contributed by atoms with van der Waals surface area (Å²) in [6.45, 7) is 1.10. The molecule has 0 spiro atoms. The molecule has 2 N–H and O–H groups in total. The first-order valence-electron chi connectivity index (χ1n) is 6.15. The van der Waals surface area contributed by atoms with Crippen LogP contribution in [-0.4, -0.2) is 49.9 Å². The fourth-order valence-corrected chi connectivity index (χ4v) is 1.91. The summed E-state index contributed by atoms with van der Waals surface area (Å²) in [7, 11) is 1.30. The SMILES string of the molecule is COC(=O)c1cc2c(cc1NCC(O)CCl)OCCO2. The Kier molecular flexibility index (Phi) is 4.92. The molecule has 0 aliphatic carbocycles. The van der Waals surface area contributed by atoms with Crippen LogP contribution in [0.25, 0.3) is 0 Å². The molecule has 1 aliphatic rings. The first-order chi connectivity index (χ1) is 9.65. The van der Waals surface area contributed by atoms with Crippen LogP contribution >= 0.6 is 11.6 Å². The van der Waals surface area contributed by atoms with Crippen LogP contribution in [0.1, 0.15) is 10.4 Å². The lowest BCUT2D eigenvalue weighted by atomic mass is 10.1. The van der Waals surface area contributed by atoms with Gasteiger partial charge in [0.1, 0.15) is 13.2 Å². The van der Waals surface area contributed by atoms with E-state index >= 15 is 0 Å². The first kappa shape index (κ1) is 14.7. The molecular weight excluding hydrogens is 286 g/mol. The monoisotopic (exact) mass is 301 g/mol. The Balaban J connectivity index is 2.28. The molecule has 0 fully saturated rings. The number of hydrogen-bond acceptors (Lipinski definition) is 6. The van der Waals surface area contributed by atoms with Crippen molar-refractivity contribution in [3.05, 3.63) is 17.7 Å². The normalized spacial score (nSPS) is 14.6. The summed E-state index contributed by atoms with van der Waals surface area (Å²) >= 11 is 5.54. The highest BCUT2D eigenvalue weighted by molar-refractivity contribution is 6.18. The maximum Gasteiger partial charge on any atom is 0.340 e. The van der Waals surface area contributed by atoms with Crippen molar-refractivity contribution in [2.45, 2.75) is 6.10 Å². The Hall–Kier alpha value is -1.66. The minimum absolute atomic E-state index is 0.102. The zero-order chi connectivity index (χ0) is 14.5. The second-order valence-electron chi connectivity index (χ2n) is 4.22. The lowest BCUT2D eigenvalue weighted by Crippen LogP contribution is -2.23. The zero-order valence-corrected chi connectivity index (χ0v) is 11.8. The molecule has 1 atom stereocenters. The molecule has 0 aromatic heterocycles. The van der Waals surface area contributed by atoms with Crippen LogP contribution in [0, 0.1) is 0 Å². The summed E-state index contributed by atoms with van der Waals surface area (Å²) in [6, 6.07) is 3.22. The molecule has 20 heavy (non-hydrogen) atoms. The molecule has 1 aromatic rings. The summed E-state index contributed by atoms with van der Waals surface area (Å²) in [6.07, 6.45) is -0.713. The number of carbonyl (C=O) groups is 1. The molecule has 110 valence electrons. The van der Waals surface area contributed by atoms with Crippen LogP contribution in [0.4, 0.5) is 5.69 Å². The number of carbonyl (C=O) groups excluding carboxylic acids is 1. The molecule has 0 radical (unpaired) electrons. The van der Waals surface area contributed by atoms with Gasteiger partial charge < -0.3 is 24.6 Å². The highest BCUT2D eigenvalue weighted by Crippen LogP contribution is 2.35. The van der Waals surface area contributed by atoms with E-state index in [0.29, 0.717) is 36.0 Å². The van der Waals surface area contributed by atoms with Crippen LogP contribution in [0.3, 0.4) is 0 Å². The van der Waals surface area contributed by atoms with Gasteiger partial charge in [0.15, 0.2) is 11.5 Å². The minimum Gasteiger partial charge on any atom is -0.486 e. The number of aliphatic hydroxyl groups is 1. The Morgan fingerprint density at radius 1 is 1.45 bits per heavy atom. The molecule has 7 heteroatoms. The number of halogens is 1. The van der Waals surface area contributed by atoms with Crippen molar-refractivity contribution in [2.75, 3.05) is 38.1 Å². The Bertz CT molecular complexity index is 494. The van der Waals surface area contributed by atoms with E-state index in [-0.39, 0.29) is 12.4 Å². The van der Waals surface area contributed by atoms with Gasteiger partial charge in [0.05, 0.1) is 30.3 Å². The molecule has 0 bridgehead atoms. The molecule has 0 saturated heterocycles. The minimum atomic E-state index is -0.713. The van der Waals surface area contributed by atoms with E-state index in [1.807, 2.05) is 0 Å². The third-order valence-corrected chi connectivity index (χ3v) is 3.15. The van der Waals surface area contributed by atoms with Gasteiger partial charge in [-0.3, -0.25) is 0 Å². The fraction of sp³-hybridized carbons (Fsp3) is 0.462. The number of methoxy groups -OCH3 is 1. The van der Waals surface area contributed by atoms with E-state index in [0.717, 1.165) is 0 Å². The number of aliphatic hydroxyl groups excluding tert-OH is 1. The van der Waals surface area contributed by atoms with E-state index in [2.05, 4.69) is 5.32 Å². The zero-order valence-electron chi connectivity index (χ0n) is 11.0. The maximum absolute atomic E-state index is 11.8. The average Bonchev–Trinajstić information content (AvgIpc) is 2.50. The summed E-state index contributed by atoms with van der Waals surface area (Å²) in [5, 5.41) is 12.4. The number of anilines is 1. The number of nitrogens with one attached hydrogen (secondary N) is 1. The van der Waals surface area contributed by atoms with E-state index in [1.165, 1.54) is 7.11 Å². The Morgan fingerprint density at radius 3 is 2.70 bits per heavy atom. The first-order valence-corrected chi connectivity index (χ1v) is 6.69. The molecule has 6 nitrogen and oxygen atoms in total. The molecule has 0 saturated carbocycles. The second kappa shape index (κ2) is 6.67. The van der Waals surface area contributed by atoms with Crippen molar-refractivity contribution in [3.63, 3.8) is 0 Å². The van der Waals surface area contributed by atoms with Crippen molar-refractivity contribution >= 4 is 23.3 Å². The molecular formula is C13H16ClNO5. The van der Waals surface area contributed by atoms with Crippen LogP contribution in [-0.2, 0) is 4.74 Å². The number of hydrogen-bond donors (Lipinski definition) is 2. The number of fused-ring (bicyclic) bond motifs is 1. The molecule has 2 rings (SSSR count).